The van der Waals surface area contributed by atoms with Crippen LogP contribution in [0.2, 0.25) is 0 Å². The Hall–Kier alpha value is -3.73. The summed E-state index contributed by atoms with van der Waals surface area (Å²) in [4.78, 5) is 36.8. The van der Waals surface area contributed by atoms with Crippen LogP contribution in [0.25, 0.3) is 0 Å². The summed E-state index contributed by atoms with van der Waals surface area (Å²) < 4.78 is 27.4. The Kier molecular flexibility index (Phi) is 8.47. The fourth-order valence-corrected chi connectivity index (χ4v) is 3.22. The molecule has 0 aliphatic rings. The van der Waals surface area contributed by atoms with E-state index in [4.69, 9.17) is 5.21 Å². The van der Waals surface area contributed by atoms with Crippen LogP contribution in [0.1, 0.15) is 34.6 Å². The maximum atomic E-state index is 13.7. The van der Waals surface area contributed by atoms with E-state index in [0.29, 0.717) is 5.56 Å². The summed E-state index contributed by atoms with van der Waals surface area (Å²) in [5.74, 6) is 8.05. The molecule has 0 radical (unpaired) electrons. The van der Waals surface area contributed by atoms with Gasteiger partial charge in [0.1, 0.15) is 11.6 Å². The summed E-state index contributed by atoms with van der Waals surface area (Å²) in [5.41, 5.74) is -0.627. The number of alkyl halides is 2. The normalized spacial score (nSPS) is 12.8. The van der Waals surface area contributed by atoms with E-state index >= 15 is 0 Å². The van der Waals surface area contributed by atoms with Crippen molar-refractivity contribution >= 4 is 29.1 Å². The Morgan fingerprint density at radius 3 is 2.28 bits per heavy atom. The number of carbonyl (C=O) groups is 3. The highest BCUT2D eigenvalue weighted by Gasteiger charge is 2.48. The summed E-state index contributed by atoms with van der Waals surface area (Å²) in [6.07, 6.45) is -3.23. The zero-order chi connectivity index (χ0) is 23.7. The van der Waals surface area contributed by atoms with Gasteiger partial charge >= 0.3 is 0 Å². The molecule has 32 heavy (non-hydrogen) atoms. The van der Waals surface area contributed by atoms with Crippen LogP contribution in [0.3, 0.4) is 0 Å². The molecular weight excluding hydrogens is 440 g/mol. The monoisotopic (exact) mass is 459 g/mol. The number of benzene rings is 1. The summed E-state index contributed by atoms with van der Waals surface area (Å²) in [5, 5.41) is 14.9. The van der Waals surface area contributed by atoms with Crippen molar-refractivity contribution in [3.63, 3.8) is 0 Å². The lowest BCUT2D eigenvalue weighted by molar-refractivity contribution is -0.137. The average molecular weight is 459 g/mol. The molecule has 2 rings (SSSR count). The van der Waals surface area contributed by atoms with Gasteiger partial charge in [-0.2, -0.15) is 0 Å². The quantitative estimate of drug-likeness (QED) is 0.301. The van der Waals surface area contributed by atoms with Gasteiger partial charge in [0.15, 0.2) is 0 Å². The number of hydrogen-bond acceptors (Lipinski definition) is 5. The van der Waals surface area contributed by atoms with E-state index in [1.807, 2.05) is 22.8 Å². The first-order valence-electron chi connectivity index (χ1n) is 9.14. The fraction of sp³-hybridized carbons (Fsp3) is 0.227. The maximum Gasteiger partial charge on any atom is 0.268 e. The zero-order valence-corrected chi connectivity index (χ0v) is 17.8. The molecule has 3 amide bonds. The summed E-state index contributed by atoms with van der Waals surface area (Å²) >= 11 is 1.49. The molecule has 0 saturated carbocycles. The third kappa shape index (κ3) is 6.38. The number of halogens is 2. The number of thiophene rings is 1. The molecule has 1 aromatic heterocycles. The van der Waals surface area contributed by atoms with E-state index in [2.05, 4.69) is 29.0 Å². The topological polar surface area (TPSA) is 108 Å². The van der Waals surface area contributed by atoms with Gasteiger partial charge in [-0.1, -0.05) is 12.0 Å². The molecule has 0 saturated heterocycles. The summed E-state index contributed by atoms with van der Waals surface area (Å²) in [6, 6.07) is 7.60. The summed E-state index contributed by atoms with van der Waals surface area (Å²) in [7, 11) is 0. The van der Waals surface area contributed by atoms with Crippen molar-refractivity contribution in [3.8, 4) is 23.7 Å². The van der Waals surface area contributed by atoms with Gasteiger partial charge in [0.2, 0.25) is 5.91 Å². The number of amides is 3. The standard InChI is InChI=1S/C22H19F2N3O4S/c1-14(28)26-22(2,21(23)24)18(20(30)27-31)25-19(29)16-11-9-15(10-12-16)6-3-4-7-17-8-5-13-32-17/h5,8-13,18,21,31H,1-2H3,(H,25,29)(H,26,28)(H,27,30)/t18-,22?/m1/s1. The second-order valence-electron chi connectivity index (χ2n) is 6.70. The van der Waals surface area contributed by atoms with Crippen molar-refractivity contribution in [1.29, 1.82) is 0 Å². The Morgan fingerprint density at radius 2 is 1.75 bits per heavy atom. The van der Waals surface area contributed by atoms with Crippen LogP contribution in [0.4, 0.5) is 8.78 Å². The summed E-state index contributed by atoms with van der Waals surface area (Å²) in [6.45, 7) is 1.87. The minimum Gasteiger partial charge on any atom is -0.343 e. The lowest BCUT2D eigenvalue weighted by Gasteiger charge is -2.36. The van der Waals surface area contributed by atoms with Gasteiger partial charge in [0, 0.05) is 18.1 Å². The van der Waals surface area contributed by atoms with Gasteiger partial charge in [0.05, 0.1) is 4.88 Å². The Balaban J connectivity index is 2.18. The van der Waals surface area contributed by atoms with Gasteiger partial charge in [-0.05, 0) is 60.4 Å². The Morgan fingerprint density at radius 1 is 1.09 bits per heavy atom. The van der Waals surface area contributed by atoms with E-state index in [-0.39, 0.29) is 5.56 Å². The van der Waals surface area contributed by atoms with Crippen molar-refractivity contribution in [2.45, 2.75) is 31.9 Å². The Bertz CT molecular complexity index is 1100. The second-order valence-corrected chi connectivity index (χ2v) is 7.65. The molecule has 0 spiro atoms. The molecule has 0 fully saturated rings. The minimum absolute atomic E-state index is 0.0513. The van der Waals surface area contributed by atoms with Crippen molar-refractivity contribution in [1.82, 2.24) is 16.1 Å². The van der Waals surface area contributed by atoms with Crippen LogP contribution in [0, 0.1) is 23.7 Å². The van der Waals surface area contributed by atoms with Gasteiger partial charge in [-0.15, -0.1) is 11.3 Å². The van der Waals surface area contributed by atoms with Gasteiger partial charge in [-0.3, -0.25) is 19.6 Å². The van der Waals surface area contributed by atoms with Crippen LogP contribution in [0.15, 0.2) is 41.8 Å². The highest BCUT2D eigenvalue weighted by molar-refractivity contribution is 7.10. The molecule has 2 aromatic rings. The van der Waals surface area contributed by atoms with Crippen molar-refractivity contribution in [2.24, 2.45) is 0 Å². The first-order valence-corrected chi connectivity index (χ1v) is 10.0. The third-order valence-electron chi connectivity index (χ3n) is 4.27. The largest absolute Gasteiger partial charge is 0.343 e. The van der Waals surface area contributed by atoms with Gasteiger partial charge in [-0.25, -0.2) is 14.3 Å². The Labute approximate surface area is 187 Å². The molecule has 166 valence electrons. The highest BCUT2D eigenvalue weighted by atomic mass is 32.1. The predicted octanol–water partition coefficient (Wildman–Crippen LogP) is 1.91. The third-order valence-corrected chi connectivity index (χ3v) is 5.05. The number of hydroxylamine groups is 1. The van der Waals surface area contributed by atoms with Crippen LogP contribution in [-0.4, -0.2) is 40.9 Å². The maximum absolute atomic E-state index is 13.7. The number of nitrogens with one attached hydrogen (secondary N) is 3. The van der Waals surface area contributed by atoms with Crippen molar-refractivity contribution in [3.05, 3.63) is 57.8 Å². The second kappa shape index (κ2) is 11.0. The highest BCUT2D eigenvalue weighted by Crippen LogP contribution is 2.21. The molecule has 0 bridgehead atoms. The van der Waals surface area contributed by atoms with Crippen molar-refractivity contribution < 1.29 is 28.4 Å². The predicted molar refractivity (Wildman–Crippen MR) is 114 cm³/mol. The van der Waals surface area contributed by atoms with Gasteiger partial charge in [0.25, 0.3) is 18.2 Å². The molecular formula is C22H19F2N3O4S. The molecule has 10 heteroatoms. The molecule has 0 aliphatic heterocycles. The lowest BCUT2D eigenvalue weighted by Crippen LogP contribution is -2.68. The van der Waals surface area contributed by atoms with Crippen LogP contribution in [-0.2, 0) is 9.59 Å². The molecule has 1 unspecified atom stereocenters. The molecule has 1 heterocycles. The molecule has 0 aliphatic carbocycles. The molecule has 7 nitrogen and oxygen atoms in total. The average Bonchev–Trinajstić information content (AvgIpc) is 3.27. The zero-order valence-electron chi connectivity index (χ0n) is 17.0. The first kappa shape index (κ1) is 24.5. The SMILES string of the molecule is CC(=O)NC(C)(C(F)F)[C@H](NC(=O)c1ccc(C#CC#Cc2cccs2)cc1)C(=O)NO. The molecule has 2 atom stereocenters. The smallest absolute Gasteiger partial charge is 0.268 e. The number of carbonyl (C=O) groups excluding carboxylic acids is 3. The van der Waals surface area contributed by atoms with Crippen LogP contribution >= 0.6 is 11.3 Å². The molecule has 4 N–H and O–H groups in total. The number of hydrogen-bond donors (Lipinski definition) is 4. The van der Waals surface area contributed by atoms with Crippen molar-refractivity contribution in [2.75, 3.05) is 0 Å². The van der Waals surface area contributed by atoms with E-state index in [9.17, 15) is 23.2 Å². The van der Waals surface area contributed by atoms with E-state index < -0.39 is 35.7 Å². The first-order chi connectivity index (χ1) is 15.2. The minimum atomic E-state index is -3.23. The van der Waals surface area contributed by atoms with E-state index in [1.54, 1.807) is 0 Å². The fourth-order valence-electron chi connectivity index (χ4n) is 2.65. The van der Waals surface area contributed by atoms with E-state index in [0.717, 1.165) is 18.7 Å². The lowest BCUT2D eigenvalue weighted by atomic mass is 9.91. The van der Waals surface area contributed by atoms with Crippen LogP contribution in [0.5, 0.6) is 0 Å². The molecule has 1 aromatic carbocycles. The number of rotatable bonds is 6. The van der Waals surface area contributed by atoms with E-state index in [1.165, 1.54) is 41.1 Å². The van der Waals surface area contributed by atoms with Crippen LogP contribution < -0.4 is 16.1 Å². The van der Waals surface area contributed by atoms with Gasteiger partial charge < -0.3 is 10.6 Å².